The van der Waals surface area contributed by atoms with Gasteiger partial charge in [-0.05, 0) is 25.9 Å². The zero-order valence-electron chi connectivity index (χ0n) is 8.43. The molecule has 74 valence electrons. The molecule has 0 aromatic rings. The molecule has 3 heteroatoms. The molecule has 12 heavy (non-hydrogen) atoms. The van der Waals surface area contributed by atoms with Gasteiger partial charge in [0.05, 0.1) is 0 Å². The van der Waals surface area contributed by atoms with Crippen molar-refractivity contribution < 1.29 is 4.21 Å². The minimum atomic E-state index is -0.608. The van der Waals surface area contributed by atoms with Gasteiger partial charge in [-0.1, -0.05) is 20.8 Å². The number of rotatable bonds is 7. The maximum absolute atomic E-state index is 11.4. The van der Waals surface area contributed by atoms with Gasteiger partial charge in [-0.2, -0.15) is 0 Å². The molecule has 0 aliphatic carbocycles. The van der Waals surface area contributed by atoms with Crippen LogP contribution in [0.3, 0.4) is 0 Å². The Morgan fingerprint density at radius 2 is 2.08 bits per heavy atom. The van der Waals surface area contributed by atoms with Crippen LogP contribution in [0.1, 0.15) is 33.6 Å². The molecule has 0 saturated heterocycles. The lowest BCUT2D eigenvalue weighted by Gasteiger charge is -2.08. The van der Waals surface area contributed by atoms with Crippen LogP contribution in [0.2, 0.25) is 0 Å². The van der Waals surface area contributed by atoms with E-state index in [9.17, 15) is 4.21 Å². The molecule has 0 aliphatic rings. The van der Waals surface area contributed by atoms with Crippen LogP contribution in [-0.2, 0) is 10.8 Å². The average molecular weight is 191 g/mol. The molecule has 0 amide bonds. The second-order valence-corrected chi connectivity index (χ2v) is 4.99. The average Bonchev–Trinajstić information content (AvgIpc) is 2.10. The molecule has 0 spiro atoms. The van der Waals surface area contributed by atoms with Crippen molar-refractivity contribution in [3.05, 3.63) is 0 Å². The van der Waals surface area contributed by atoms with Crippen molar-refractivity contribution in [2.24, 2.45) is 0 Å². The molecule has 0 fully saturated rings. The van der Waals surface area contributed by atoms with Crippen molar-refractivity contribution in [3.63, 3.8) is 0 Å². The molecule has 1 N–H and O–H groups in total. The van der Waals surface area contributed by atoms with Gasteiger partial charge in [0.1, 0.15) is 0 Å². The molecule has 0 bridgehead atoms. The van der Waals surface area contributed by atoms with Crippen LogP contribution in [0.5, 0.6) is 0 Å². The Morgan fingerprint density at radius 1 is 1.42 bits per heavy atom. The van der Waals surface area contributed by atoms with Gasteiger partial charge in [0.25, 0.3) is 0 Å². The van der Waals surface area contributed by atoms with Gasteiger partial charge in [-0.3, -0.25) is 4.21 Å². The Labute approximate surface area is 78.6 Å². The highest BCUT2D eigenvalue weighted by Crippen LogP contribution is 2.01. The highest BCUT2D eigenvalue weighted by molar-refractivity contribution is 7.85. The van der Waals surface area contributed by atoms with Gasteiger partial charge >= 0.3 is 0 Å². The van der Waals surface area contributed by atoms with Crippen LogP contribution in [0, 0.1) is 0 Å². The van der Waals surface area contributed by atoms with Gasteiger partial charge in [0, 0.05) is 21.8 Å². The molecule has 0 rings (SSSR count). The van der Waals surface area contributed by atoms with E-state index in [1.165, 1.54) is 0 Å². The van der Waals surface area contributed by atoms with E-state index >= 15 is 0 Å². The highest BCUT2D eigenvalue weighted by Gasteiger charge is 2.06. The topological polar surface area (TPSA) is 29.1 Å². The number of hydrogen-bond donors (Lipinski definition) is 1. The Balaban J connectivity index is 3.31. The molecule has 0 aliphatic heterocycles. The molecule has 0 aromatic heterocycles. The van der Waals surface area contributed by atoms with E-state index in [-0.39, 0.29) is 0 Å². The van der Waals surface area contributed by atoms with E-state index in [0.717, 1.165) is 31.7 Å². The van der Waals surface area contributed by atoms with Crippen molar-refractivity contribution in [1.29, 1.82) is 0 Å². The van der Waals surface area contributed by atoms with Crippen LogP contribution in [0.25, 0.3) is 0 Å². The molecule has 0 radical (unpaired) electrons. The second-order valence-electron chi connectivity index (χ2n) is 3.01. The van der Waals surface area contributed by atoms with Crippen LogP contribution in [-0.4, -0.2) is 28.3 Å². The van der Waals surface area contributed by atoms with Crippen molar-refractivity contribution in [3.8, 4) is 0 Å². The lowest BCUT2D eigenvalue weighted by atomic mass is 10.4. The summed E-state index contributed by atoms with van der Waals surface area (Å²) in [5.74, 6) is 0.849. The van der Waals surface area contributed by atoms with E-state index in [1.807, 2.05) is 0 Å². The smallest absolute Gasteiger partial charge is 0.0317 e. The zero-order valence-corrected chi connectivity index (χ0v) is 9.25. The molecule has 0 heterocycles. The fourth-order valence-corrected chi connectivity index (χ4v) is 2.11. The summed E-state index contributed by atoms with van der Waals surface area (Å²) in [6.45, 7) is 8.25. The summed E-state index contributed by atoms with van der Waals surface area (Å²) in [5, 5.41) is 3.59. The molecular formula is C9H21NOS. The quantitative estimate of drug-likeness (QED) is 0.618. The minimum absolute atomic E-state index is 0.367. The summed E-state index contributed by atoms with van der Waals surface area (Å²) in [4.78, 5) is 0. The van der Waals surface area contributed by atoms with Gasteiger partial charge < -0.3 is 5.32 Å². The monoisotopic (exact) mass is 191 g/mol. The van der Waals surface area contributed by atoms with E-state index < -0.39 is 10.8 Å². The Morgan fingerprint density at radius 3 is 2.58 bits per heavy atom. The largest absolute Gasteiger partial charge is 0.317 e. The summed E-state index contributed by atoms with van der Waals surface area (Å²) >= 11 is 0. The van der Waals surface area contributed by atoms with Crippen molar-refractivity contribution in [2.45, 2.75) is 38.9 Å². The van der Waals surface area contributed by atoms with Crippen LogP contribution < -0.4 is 5.32 Å². The lowest BCUT2D eigenvalue weighted by molar-refractivity contribution is 0.658. The first-order chi connectivity index (χ1) is 5.72. The number of nitrogens with one attached hydrogen (secondary N) is 1. The first-order valence-corrected chi connectivity index (χ1v) is 6.18. The molecular weight excluding hydrogens is 170 g/mol. The van der Waals surface area contributed by atoms with Crippen molar-refractivity contribution in [1.82, 2.24) is 5.32 Å². The zero-order chi connectivity index (χ0) is 9.40. The summed E-state index contributed by atoms with van der Waals surface area (Å²) < 4.78 is 11.4. The highest BCUT2D eigenvalue weighted by atomic mass is 32.2. The van der Waals surface area contributed by atoms with E-state index in [0.29, 0.717) is 5.25 Å². The predicted octanol–water partition coefficient (Wildman–Crippen LogP) is 1.53. The molecule has 2 unspecified atom stereocenters. The van der Waals surface area contributed by atoms with Crippen molar-refractivity contribution in [2.75, 3.05) is 18.8 Å². The summed E-state index contributed by atoms with van der Waals surface area (Å²) in [5.41, 5.74) is 0. The molecule has 0 aromatic carbocycles. The van der Waals surface area contributed by atoms with Crippen LogP contribution in [0.15, 0.2) is 0 Å². The lowest BCUT2D eigenvalue weighted by Crippen LogP contribution is -2.19. The second kappa shape index (κ2) is 7.74. The Bertz CT molecular complexity index is 128. The Hall–Kier alpha value is 0.110. The van der Waals surface area contributed by atoms with Crippen molar-refractivity contribution >= 4 is 10.8 Å². The third kappa shape index (κ3) is 5.72. The minimum Gasteiger partial charge on any atom is -0.317 e. The van der Waals surface area contributed by atoms with E-state index in [4.69, 9.17) is 0 Å². The van der Waals surface area contributed by atoms with Gasteiger partial charge in [-0.25, -0.2) is 0 Å². The summed E-state index contributed by atoms with van der Waals surface area (Å²) in [7, 11) is -0.608. The predicted molar refractivity (Wildman–Crippen MR) is 55.9 cm³/mol. The normalized spacial score (nSPS) is 15.9. The fraction of sp³-hybridized carbons (Fsp3) is 1.00. The SMILES string of the molecule is CCNCCCS(=O)C(C)CC. The molecule has 2 nitrogen and oxygen atoms in total. The van der Waals surface area contributed by atoms with E-state index in [1.54, 1.807) is 0 Å². The summed E-state index contributed by atoms with van der Waals surface area (Å²) in [6.07, 6.45) is 2.05. The van der Waals surface area contributed by atoms with Gasteiger partial charge in [0.2, 0.25) is 0 Å². The van der Waals surface area contributed by atoms with E-state index in [2.05, 4.69) is 26.1 Å². The fourth-order valence-electron chi connectivity index (χ4n) is 0.903. The maximum atomic E-state index is 11.4. The first kappa shape index (κ1) is 12.1. The van der Waals surface area contributed by atoms with Gasteiger partial charge in [0.15, 0.2) is 0 Å². The van der Waals surface area contributed by atoms with Gasteiger partial charge in [-0.15, -0.1) is 0 Å². The third-order valence-electron chi connectivity index (χ3n) is 1.97. The first-order valence-electron chi connectivity index (χ1n) is 4.80. The number of hydrogen-bond acceptors (Lipinski definition) is 2. The maximum Gasteiger partial charge on any atom is 0.0317 e. The standard InChI is InChI=1S/C9H21NOS/c1-4-9(3)12(11)8-6-7-10-5-2/h9-10H,4-8H2,1-3H3. The van der Waals surface area contributed by atoms with Crippen LogP contribution >= 0.6 is 0 Å². The summed E-state index contributed by atoms with van der Waals surface area (Å²) in [6, 6.07) is 0. The van der Waals surface area contributed by atoms with Crippen LogP contribution in [0.4, 0.5) is 0 Å². The molecule has 2 atom stereocenters. The Kier molecular flexibility index (Phi) is 7.81. The third-order valence-corrected chi connectivity index (χ3v) is 3.89. The molecule has 0 saturated carbocycles.